The van der Waals surface area contributed by atoms with Crippen LogP contribution in [0.1, 0.15) is 24.0 Å². The van der Waals surface area contributed by atoms with Gasteiger partial charge in [-0.1, -0.05) is 23.7 Å². The second kappa shape index (κ2) is 8.21. The van der Waals surface area contributed by atoms with Gasteiger partial charge in [-0.3, -0.25) is 4.79 Å². The predicted molar refractivity (Wildman–Crippen MR) is 93.6 cm³/mol. The second-order valence-electron chi connectivity index (χ2n) is 5.86. The fourth-order valence-electron chi connectivity index (χ4n) is 2.63. The van der Waals surface area contributed by atoms with Gasteiger partial charge < -0.3 is 14.8 Å². The first-order valence-electron chi connectivity index (χ1n) is 8.21. The number of nitrogens with one attached hydrogen (secondary N) is 1. The van der Waals surface area contributed by atoms with Gasteiger partial charge in [-0.05, 0) is 41.8 Å². The lowest BCUT2D eigenvalue weighted by atomic mass is 10.1. The average molecular weight is 364 g/mol. The van der Waals surface area contributed by atoms with Crippen LogP contribution >= 0.6 is 11.6 Å². The molecular weight excluding hydrogens is 345 g/mol. The number of carbonyl (C=O) groups is 1. The molecule has 25 heavy (non-hydrogen) atoms. The normalized spacial score (nSPS) is 13.2. The van der Waals surface area contributed by atoms with E-state index >= 15 is 0 Å². The fraction of sp³-hybridized carbons (Fsp3) is 0.316. The Kier molecular flexibility index (Phi) is 5.76. The molecule has 0 bridgehead atoms. The van der Waals surface area contributed by atoms with E-state index in [-0.39, 0.29) is 11.7 Å². The molecule has 3 rings (SSSR count). The molecule has 1 amide bonds. The van der Waals surface area contributed by atoms with E-state index in [1.807, 2.05) is 6.07 Å². The Morgan fingerprint density at radius 3 is 2.84 bits per heavy atom. The molecule has 0 fully saturated rings. The predicted octanol–water partition coefficient (Wildman–Crippen LogP) is 3.89. The van der Waals surface area contributed by atoms with E-state index < -0.39 is 0 Å². The Morgan fingerprint density at radius 2 is 2.00 bits per heavy atom. The van der Waals surface area contributed by atoms with Gasteiger partial charge in [0.15, 0.2) is 11.5 Å². The minimum absolute atomic E-state index is 0.104. The molecule has 0 aliphatic carbocycles. The number of hydrogen-bond acceptors (Lipinski definition) is 3. The first-order chi connectivity index (χ1) is 12.1. The van der Waals surface area contributed by atoms with E-state index in [0.29, 0.717) is 49.1 Å². The summed E-state index contributed by atoms with van der Waals surface area (Å²) in [4.78, 5) is 12.0. The summed E-state index contributed by atoms with van der Waals surface area (Å²) in [6.07, 6.45) is 1.59. The number of fused-ring (bicyclic) bond motifs is 1. The lowest BCUT2D eigenvalue weighted by molar-refractivity contribution is -0.121. The van der Waals surface area contributed by atoms with Gasteiger partial charge in [-0.25, -0.2) is 4.39 Å². The van der Waals surface area contributed by atoms with E-state index in [1.54, 1.807) is 18.2 Å². The van der Waals surface area contributed by atoms with Crippen molar-refractivity contribution in [2.45, 2.75) is 25.8 Å². The van der Waals surface area contributed by atoms with Crippen molar-refractivity contribution >= 4 is 17.5 Å². The van der Waals surface area contributed by atoms with Crippen molar-refractivity contribution in [3.05, 3.63) is 58.4 Å². The summed E-state index contributed by atoms with van der Waals surface area (Å²) in [5.74, 6) is 0.765. The molecule has 1 N–H and O–H groups in total. The molecule has 0 spiro atoms. The van der Waals surface area contributed by atoms with Crippen LogP contribution in [-0.4, -0.2) is 19.1 Å². The van der Waals surface area contributed by atoms with E-state index in [0.717, 1.165) is 17.5 Å². The maximum atomic E-state index is 13.1. The molecule has 0 radical (unpaired) electrons. The zero-order chi connectivity index (χ0) is 17.6. The van der Waals surface area contributed by atoms with Crippen LogP contribution in [0.3, 0.4) is 0 Å². The van der Waals surface area contributed by atoms with Crippen molar-refractivity contribution in [2.24, 2.45) is 0 Å². The maximum absolute atomic E-state index is 13.1. The van der Waals surface area contributed by atoms with Gasteiger partial charge in [-0.2, -0.15) is 0 Å². The summed E-state index contributed by atoms with van der Waals surface area (Å²) in [6.45, 7) is 1.49. The summed E-state index contributed by atoms with van der Waals surface area (Å²) >= 11 is 6.24. The molecule has 2 aromatic carbocycles. The summed E-state index contributed by atoms with van der Waals surface area (Å²) < 4.78 is 24.3. The number of amides is 1. The average Bonchev–Trinajstić information content (AvgIpc) is 2.84. The smallest absolute Gasteiger partial charge is 0.220 e. The maximum Gasteiger partial charge on any atom is 0.220 e. The van der Waals surface area contributed by atoms with E-state index in [9.17, 15) is 9.18 Å². The van der Waals surface area contributed by atoms with Gasteiger partial charge in [0.05, 0.1) is 18.2 Å². The number of aryl methyl sites for hydroxylation is 1. The van der Waals surface area contributed by atoms with E-state index in [1.165, 1.54) is 12.1 Å². The number of hydrogen-bond donors (Lipinski definition) is 1. The van der Waals surface area contributed by atoms with Gasteiger partial charge in [0, 0.05) is 19.4 Å². The topological polar surface area (TPSA) is 47.6 Å². The number of benzene rings is 2. The van der Waals surface area contributed by atoms with Crippen LogP contribution in [0.15, 0.2) is 36.4 Å². The monoisotopic (exact) mass is 363 g/mol. The van der Waals surface area contributed by atoms with Crippen molar-refractivity contribution in [3.8, 4) is 11.5 Å². The lowest BCUT2D eigenvalue weighted by Crippen LogP contribution is -2.23. The zero-order valence-corrected chi connectivity index (χ0v) is 14.4. The molecule has 0 saturated carbocycles. The summed E-state index contributed by atoms with van der Waals surface area (Å²) in [5, 5.41) is 3.32. The molecule has 0 saturated heterocycles. The Bertz CT molecular complexity index is 766. The summed E-state index contributed by atoms with van der Waals surface area (Å²) in [5.41, 5.74) is 1.64. The van der Waals surface area contributed by atoms with Crippen LogP contribution in [0.2, 0.25) is 5.02 Å². The minimum Gasteiger partial charge on any atom is -0.489 e. The van der Waals surface area contributed by atoms with Gasteiger partial charge in [0.25, 0.3) is 0 Å². The lowest BCUT2D eigenvalue weighted by Gasteiger charge is -2.12. The van der Waals surface area contributed by atoms with Crippen molar-refractivity contribution in [2.75, 3.05) is 13.2 Å². The number of rotatable bonds is 5. The molecule has 2 aromatic rings. The van der Waals surface area contributed by atoms with Crippen molar-refractivity contribution in [3.63, 3.8) is 0 Å². The molecule has 6 heteroatoms. The Morgan fingerprint density at radius 1 is 1.16 bits per heavy atom. The Labute approximate surface area is 150 Å². The van der Waals surface area contributed by atoms with Gasteiger partial charge in [0.2, 0.25) is 5.91 Å². The van der Waals surface area contributed by atoms with Crippen LogP contribution < -0.4 is 14.8 Å². The van der Waals surface area contributed by atoms with E-state index in [4.69, 9.17) is 21.1 Å². The molecule has 1 heterocycles. The highest BCUT2D eigenvalue weighted by Gasteiger charge is 2.15. The molecular formula is C19H19ClFNO3. The van der Waals surface area contributed by atoms with Crippen LogP contribution in [0, 0.1) is 5.82 Å². The fourth-order valence-corrected chi connectivity index (χ4v) is 2.91. The molecule has 4 nitrogen and oxygen atoms in total. The largest absolute Gasteiger partial charge is 0.489 e. The van der Waals surface area contributed by atoms with Crippen LogP contribution in [0.5, 0.6) is 11.5 Å². The van der Waals surface area contributed by atoms with Crippen molar-refractivity contribution in [1.29, 1.82) is 0 Å². The summed E-state index contributed by atoms with van der Waals surface area (Å²) in [7, 11) is 0. The highest BCUT2D eigenvalue weighted by molar-refractivity contribution is 6.32. The zero-order valence-electron chi connectivity index (χ0n) is 13.7. The third-order valence-electron chi connectivity index (χ3n) is 3.88. The Hall–Kier alpha value is -2.27. The minimum atomic E-state index is -0.292. The van der Waals surface area contributed by atoms with Crippen LogP contribution in [0.4, 0.5) is 4.39 Å². The quantitative estimate of drug-likeness (QED) is 0.876. The first kappa shape index (κ1) is 17.5. The van der Waals surface area contributed by atoms with Crippen molar-refractivity contribution < 1.29 is 18.7 Å². The summed E-state index contributed by atoms with van der Waals surface area (Å²) in [6, 6.07) is 9.87. The van der Waals surface area contributed by atoms with Gasteiger partial charge in [0.1, 0.15) is 5.82 Å². The number of carbonyl (C=O) groups excluding carboxylic acids is 1. The highest BCUT2D eigenvalue weighted by Crippen LogP contribution is 2.37. The van der Waals surface area contributed by atoms with Crippen LogP contribution in [0.25, 0.3) is 0 Å². The molecule has 1 aliphatic heterocycles. The van der Waals surface area contributed by atoms with Crippen LogP contribution in [-0.2, 0) is 17.8 Å². The molecule has 0 atom stereocenters. The van der Waals surface area contributed by atoms with E-state index in [2.05, 4.69) is 5.32 Å². The highest BCUT2D eigenvalue weighted by atomic mass is 35.5. The molecule has 132 valence electrons. The molecule has 0 unspecified atom stereocenters. The third kappa shape index (κ3) is 4.86. The van der Waals surface area contributed by atoms with Crippen molar-refractivity contribution in [1.82, 2.24) is 5.32 Å². The standard InChI is InChI=1S/C19H19ClFNO3/c20-16-10-14(11-17-19(16)25-8-2-7-24-17)12-22-18(23)6-5-13-3-1-4-15(21)9-13/h1,3-4,9-11H,2,5-8,12H2,(H,22,23). The molecule has 1 aliphatic rings. The van der Waals surface area contributed by atoms with Gasteiger partial charge in [-0.15, -0.1) is 0 Å². The number of halogens is 2. The number of ether oxygens (including phenoxy) is 2. The molecule has 0 aromatic heterocycles. The SMILES string of the molecule is O=C(CCc1cccc(F)c1)NCc1cc(Cl)c2c(c1)OCCCO2. The van der Waals surface area contributed by atoms with Gasteiger partial charge >= 0.3 is 0 Å². The second-order valence-corrected chi connectivity index (χ2v) is 6.27. The Balaban J connectivity index is 1.55. The first-order valence-corrected chi connectivity index (χ1v) is 8.59. The third-order valence-corrected chi connectivity index (χ3v) is 4.16.